The molecule has 0 atom stereocenters. The molecular formula is C19H24N2O3S. The molecule has 0 aromatic heterocycles. The number of carbonyl (C=O) groups excluding carboxylic acids is 1. The van der Waals surface area contributed by atoms with Crippen molar-refractivity contribution in [1.82, 2.24) is 9.62 Å². The fraction of sp³-hybridized carbons (Fsp3) is 0.316. The van der Waals surface area contributed by atoms with E-state index < -0.39 is 10.0 Å². The van der Waals surface area contributed by atoms with Gasteiger partial charge in [0.05, 0.1) is 4.90 Å². The molecular weight excluding hydrogens is 336 g/mol. The summed E-state index contributed by atoms with van der Waals surface area (Å²) in [6.07, 6.45) is 0.760. The normalized spacial score (nSPS) is 11.3. The molecule has 0 heterocycles. The zero-order valence-electron chi connectivity index (χ0n) is 14.6. The summed E-state index contributed by atoms with van der Waals surface area (Å²) in [7, 11) is -3.57. The van der Waals surface area contributed by atoms with Crippen molar-refractivity contribution >= 4 is 15.9 Å². The molecule has 1 amide bonds. The first-order valence-corrected chi connectivity index (χ1v) is 9.89. The Labute approximate surface area is 149 Å². The molecule has 0 bridgehead atoms. The molecule has 0 saturated carbocycles. The number of nitrogens with one attached hydrogen (secondary N) is 1. The minimum absolute atomic E-state index is 0.110. The standard InChI is InChI=1S/C19H24N2O3S/c1-3-20-25(23,24)18-12-8-11-17(15-18)19(22)21(4-2)14-13-16-9-6-5-7-10-16/h5-12,15,20H,3-4,13-14H2,1-2H3. The summed E-state index contributed by atoms with van der Waals surface area (Å²) in [5.74, 6) is -0.160. The summed E-state index contributed by atoms with van der Waals surface area (Å²) in [6, 6.07) is 16.2. The first-order valence-electron chi connectivity index (χ1n) is 8.41. The lowest BCUT2D eigenvalue weighted by atomic mass is 10.1. The fourth-order valence-corrected chi connectivity index (χ4v) is 3.65. The molecule has 6 heteroatoms. The van der Waals surface area contributed by atoms with Crippen LogP contribution < -0.4 is 4.72 Å². The van der Waals surface area contributed by atoms with Crippen molar-refractivity contribution in [3.63, 3.8) is 0 Å². The molecule has 0 aliphatic rings. The van der Waals surface area contributed by atoms with E-state index in [1.807, 2.05) is 37.3 Å². The van der Waals surface area contributed by atoms with Gasteiger partial charge in [-0.05, 0) is 37.1 Å². The summed E-state index contributed by atoms with van der Waals surface area (Å²) < 4.78 is 26.7. The highest BCUT2D eigenvalue weighted by Gasteiger charge is 2.18. The highest BCUT2D eigenvalue weighted by molar-refractivity contribution is 7.89. The Morgan fingerprint density at radius 1 is 1.04 bits per heavy atom. The highest BCUT2D eigenvalue weighted by Crippen LogP contribution is 2.14. The molecule has 0 fully saturated rings. The lowest BCUT2D eigenvalue weighted by Crippen LogP contribution is -2.33. The lowest BCUT2D eigenvalue weighted by molar-refractivity contribution is 0.0766. The number of likely N-dealkylation sites (N-methyl/N-ethyl adjacent to an activating group) is 1. The quantitative estimate of drug-likeness (QED) is 0.787. The second-order valence-electron chi connectivity index (χ2n) is 5.65. The highest BCUT2D eigenvalue weighted by atomic mass is 32.2. The van der Waals surface area contributed by atoms with Crippen molar-refractivity contribution in [1.29, 1.82) is 0 Å². The first kappa shape index (κ1) is 19.1. The van der Waals surface area contributed by atoms with Crippen LogP contribution in [0.2, 0.25) is 0 Å². The maximum atomic E-state index is 12.7. The van der Waals surface area contributed by atoms with Gasteiger partial charge in [0, 0.05) is 25.2 Å². The van der Waals surface area contributed by atoms with Crippen LogP contribution >= 0.6 is 0 Å². The third-order valence-electron chi connectivity index (χ3n) is 3.91. The van der Waals surface area contributed by atoms with Crippen LogP contribution in [0.15, 0.2) is 59.5 Å². The maximum Gasteiger partial charge on any atom is 0.253 e. The van der Waals surface area contributed by atoms with E-state index in [1.165, 1.54) is 12.1 Å². The number of amides is 1. The van der Waals surface area contributed by atoms with Gasteiger partial charge in [-0.3, -0.25) is 4.79 Å². The van der Waals surface area contributed by atoms with Gasteiger partial charge < -0.3 is 4.90 Å². The number of rotatable bonds is 8. The van der Waals surface area contributed by atoms with Crippen LogP contribution in [0, 0.1) is 0 Å². The summed E-state index contributed by atoms with van der Waals surface area (Å²) in [5.41, 5.74) is 1.55. The van der Waals surface area contributed by atoms with Crippen molar-refractivity contribution in [2.75, 3.05) is 19.6 Å². The van der Waals surface area contributed by atoms with Gasteiger partial charge in [-0.15, -0.1) is 0 Å². The third kappa shape index (κ3) is 5.14. The van der Waals surface area contributed by atoms with E-state index in [0.29, 0.717) is 25.2 Å². The smallest absolute Gasteiger partial charge is 0.253 e. The average Bonchev–Trinajstić information content (AvgIpc) is 2.63. The summed E-state index contributed by atoms with van der Waals surface area (Å²) >= 11 is 0. The van der Waals surface area contributed by atoms with E-state index in [4.69, 9.17) is 0 Å². The second kappa shape index (κ2) is 8.78. The maximum absolute atomic E-state index is 12.7. The molecule has 5 nitrogen and oxygen atoms in total. The summed E-state index contributed by atoms with van der Waals surface area (Å²) in [4.78, 5) is 14.6. The molecule has 0 radical (unpaired) electrons. The molecule has 2 rings (SSSR count). The van der Waals surface area contributed by atoms with Crippen molar-refractivity contribution < 1.29 is 13.2 Å². The predicted molar refractivity (Wildman–Crippen MR) is 99.0 cm³/mol. The Hall–Kier alpha value is -2.18. The number of nitrogens with zero attached hydrogens (tertiary/aromatic N) is 1. The Morgan fingerprint density at radius 3 is 2.40 bits per heavy atom. The van der Waals surface area contributed by atoms with E-state index in [0.717, 1.165) is 12.0 Å². The van der Waals surface area contributed by atoms with Crippen LogP contribution in [0.3, 0.4) is 0 Å². The van der Waals surface area contributed by atoms with Crippen molar-refractivity contribution in [3.8, 4) is 0 Å². The molecule has 0 aliphatic heterocycles. The van der Waals surface area contributed by atoms with Gasteiger partial charge in [-0.25, -0.2) is 13.1 Å². The molecule has 2 aromatic carbocycles. The molecule has 1 N–H and O–H groups in total. The third-order valence-corrected chi connectivity index (χ3v) is 5.45. The van der Waals surface area contributed by atoms with E-state index >= 15 is 0 Å². The number of carbonyl (C=O) groups is 1. The topological polar surface area (TPSA) is 66.5 Å². The molecule has 0 saturated heterocycles. The van der Waals surface area contributed by atoms with E-state index in [2.05, 4.69) is 4.72 Å². The summed E-state index contributed by atoms with van der Waals surface area (Å²) in [5, 5.41) is 0. The van der Waals surface area contributed by atoms with Crippen molar-refractivity contribution in [3.05, 3.63) is 65.7 Å². The Morgan fingerprint density at radius 2 is 1.76 bits per heavy atom. The SMILES string of the molecule is CCNS(=O)(=O)c1cccc(C(=O)N(CC)CCc2ccccc2)c1. The molecule has 0 spiro atoms. The zero-order chi connectivity index (χ0) is 18.3. The fourth-order valence-electron chi connectivity index (χ4n) is 2.56. The van der Waals surface area contributed by atoms with Gasteiger partial charge in [0.15, 0.2) is 0 Å². The van der Waals surface area contributed by atoms with Crippen LogP contribution in [-0.4, -0.2) is 38.9 Å². The van der Waals surface area contributed by atoms with Gasteiger partial charge in [0.25, 0.3) is 5.91 Å². The number of benzene rings is 2. The first-order chi connectivity index (χ1) is 12.0. The number of hydrogen-bond acceptors (Lipinski definition) is 3. The van der Waals surface area contributed by atoms with Crippen LogP contribution in [0.4, 0.5) is 0 Å². The Kier molecular flexibility index (Phi) is 6.73. The molecule has 0 unspecified atom stereocenters. The largest absolute Gasteiger partial charge is 0.339 e. The van der Waals surface area contributed by atoms with Gasteiger partial charge >= 0.3 is 0 Å². The lowest BCUT2D eigenvalue weighted by Gasteiger charge is -2.21. The van der Waals surface area contributed by atoms with Gasteiger partial charge in [-0.2, -0.15) is 0 Å². The van der Waals surface area contributed by atoms with Crippen LogP contribution in [0.25, 0.3) is 0 Å². The second-order valence-corrected chi connectivity index (χ2v) is 7.42. The molecule has 25 heavy (non-hydrogen) atoms. The number of hydrogen-bond donors (Lipinski definition) is 1. The van der Waals surface area contributed by atoms with Crippen LogP contribution in [0.1, 0.15) is 29.8 Å². The van der Waals surface area contributed by atoms with E-state index in [1.54, 1.807) is 24.0 Å². The predicted octanol–water partition coefficient (Wildman–Crippen LogP) is 2.69. The molecule has 0 aliphatic carbocycles. The molecule has 2 aromatic rings. The Bertz CT molecular complexity index is 804. The monoisotopic (exact) mass is 360 g/mol. The van der Waals surface area contributed by atoms with Crippen LogP contribution in [-0.2, 0) is 16.4 Å². The van der Waals surface area contributed by atoms with E-state index in [-0.39, 0.29) is 10.8 Å². The van der Waals surface area contributed by atoms with Gasteiger partial charge in [0.2, 0.25) is 10.0 Å². The van der Waals surface area contributed by atoms with E-state index in [9.17, 15) is 13.2 Å². The Balaban J connectivity index is 2.14. The number of sulfonamides is 1. The molecule has 134 valence electrons. The summed E-state index contributed by atoms with van der Waals surface area (Å²) in [6.45, 7) is 5.09. The minimum atomic E-state index is -3.57. The zero-order valence-corrected chi connectivity index (χ0v) is 15.4. The van der Waals surface area contributed by atoms with Gasteiger partial charge in [0.1, 0.15) is 0 Å². The van der Waals surface area contributed by atoms with Crippen molar-refractivity contribution in [2.24, 2.45) is 0 Å². The van der Waals surface area contributed by atoms with Crippen LogP contribution in [0.5, 0.6) is 0 Å². The van der Waals surface area contributed by atoms with Crippen molar-refractivity contribution in [2.45, 2.75) is 25.2 Å². The van der Waals surface area contributed by atoms with Gasteiger partial charge in [-0.1, -0.05) is 43.3 Å². The minimum Gasteiger partial charge on any atom is -0.339 e. The average molecular weight is 360 g/mol.